The SMILES string of the molecule is Cn1ccc(-c2cccc(Nc3ncc(Br)c(NCCc4cnc[nH]4)n3)c2)n1. The van der Waals surface area contributed by atoms with Gasteiger partial charge in [-0.15, -0.1) is 0 Å². The molecule has 28 heavy (non-hydrogen) atoms. The Balaban J connectivity index is 1.46. The fourth-order valence-electron chi connectivity index (χ4n) is 2.74. The number of aryl methyl sites for hydroxylation is 1. The van der Waals surface area contributed by atoms with Gasteiger partial charge in [0.25, 0.3) is 0 Å². The molecule has 0 unspecified atom stereocenters. The minimum absolute atomic E-state index is 0.519. The summed E-state index contributed by atoms with van der Waals surface area (Å²) < 4.78 is 2.60. The Bertz CT molecular complexity index is 1060. The van der Waals surface area contributed by atoms with Gasteiger partial charge in [0, 0.05) is 55.5 Å². The molecule has 0 saturated carbocycles. The molecule has 0 bridgehead atoms. The molecule has 3 heterocycles. The fourth-order valence-corrected chi connectivity index (χ4v) is 3.07. The number of aromatic amines is 1. The van der Waals surface area contributed by atoms with Gasteiger partial charge in [-0.2, -0.15) is 10.1 Å². The molecule has 0 atom stereocenters. The van der Waals surface area contributed by atoms with E-state index >= 15 is 0 Å². The summed E-state index contributed by atoms with van der Waals surface area (Å²) in [5, 5.41) is 11.0. The van der Waals surface area contributed by atoms with E-state index in [9.17, 15) is 0 Å². The normalized spacial score (nSPS) is 10.8. The van der Waals surface area contributed by atoms with Gasteiger partial charge in [-0.25, -0.2) is 9.97 Å². The fraction of sp³-hybridized carbons (Fsp3) is 0.158. The second-order valence-electron chi connectivity index (χ2n) is 6.22. The monoisotopic (exact) mass is 438 g/mol. The molecular weight excluding hydrogens is 420 g/mol. The van der Waals surface area contributed by atoms with Crippen LogP contribution in [0.4, 0.5) is 17.5 Å². The lowest BCUT2D eigenvalue weighted by atomic mass is 10.1. The zero-order valence-corrected chi connectivity index (χ0v) is 16.8. The van der Waals surface area contributed by atoms with Gasteiger partial charge < -0.3 is 15.6 Å². The van der Waals surface area contributed by atoms with Crippen molar-refractivity contribution in [3.05, 3.63) is 65.4 Å². The van der Waals surface area contributed by atoms with Crippen LogP contribution in [-0.2, 0) is 13.5 Å². The van der Waals surface area contributed by atoms with Gasteiger partial charge in [0.15, 0.2) is 0 Å². The van der Waals surface area contributed by atoms with Gasteiger partial charge in [0.1, 0.15) is 5.82 Å². The molecule has 3 N–H and O–H groups in total. The zero-order valence-electron chi connectivity index (χ0n) is 15.2. The van der Waals surface area contributed by atoms with Crippen LogP contribution < -0.4 is 10.6 Å². The van der Waals surface area contributed by atoms with Gasteiger partial charge in [-0.1, -0.05) is 12.1 Å². The summed E-state index contributed by atoms with van der Waals surface area (Å²) in [5.41, 5.74) is 3.92. The van der Waals surface area contributed by atoms with Crippen molar-refractivity contribution in [1.29, 1.82) is 0 Å². The van der Waals surface area contributed by atoms with Crippen LogP contribution in [0.15, 0.2) is 59.7 Å². The number of nitrogens with zero attached hydrogens (tertiary/aromatic N) is 5. The first-order valence-electron chi connectivity index (χ1n) is 8.78. The highest BCUT2D eigenvalue weighted by molar-refractivity contribution is 9.10. The van der Waals surface area contributed by atoms with Gasteiger partial charge in [-0.05, 0) is 34.1 Å². The molecule has 3 aromatic heterocycles. The highest BCUT2D eigenvalue weighted by Gasteiger charge is 2.07. The van der Waals surface area contributed by atoms with Gasteiger partial charge in [-0.3, -0.25) is 4.68 Å². The number of aromatic nitrogens is 6. The molecule has 1 aromatic carbocycles. The molecule has 0 radical (unpaired) electrons. The summed E-state index contributed by atoms with van der Waals surface area (Å²) in [7, 11) is 1.90. The minimum atomic E-state index is 0.519. The molecule has 0 aliphatic rings. The van der Waals surface area contributed by atoms with Gasteiger partial charge >= 0.3 is 0 Å². The average molecular weight is 439 g/mol. The maximum Gasteiger partial charge on any atom is 0.229 e. The van der Waals surface area contributed by atoms with Crippen LogP contribution in [0.3, 0.4) is 0 Å². The van der Waals surface area contributed by atoms with Crippen LogP contribution in [0, 0.1) is 0 Å². The van der Waals surface area contributed by atoms with Crippen molar-refractivity contribution in [1.82, 2.24) is 29.7 Å². The third kappa shape index (κ3) is 4.37. The van der Waals surface area contributed by atoms with E-state index in [4.69, 9.17) is 0 Å². The van der Waals surface area contributed by atoms with Crippen LogP contribution in [0.25, 0.3) is 11.3 Å². The Morgan fingerprint density at radius 2 is 2.14 bits per heavy atom. The predicted molar refractivity (Wildman–Crippen MR) is 112 cm³/mol. The highest BCUT2D eigenvalue weighted by atomic mass is 79.9. The summed E-state index contributed by atoms with van der Waals surface area (Å²) >= 11 is 3.49. The number of nitrogens with one attached hydrogen (secondary N) is 3. The topological polar surface area (TPSA) is 96.3 Å². The Labute approximate surface area is 170 Å². The van der Waals surface area contributed by atoms with Crippen molar-refractivity contribution in [3.8, 4) is 11.3 Å². The number of hydrogen-bond acceptors (Lipinski definition) is 6. The Kier molecular flexibility index (Phi) is 5.34. The molecule has 0 aliphatic heterocycles. The first-order chi connectivity index (χ1) is 13.7. The molecule has 0 saturated heterocycles. The average Bonchev–Trinajstić information content (AvgIpc) is 3.36. The lowest BCUT2D eigenvalue weighted by Crippen LogP contribution is -2.09. The van der Waals surface area contributed by atoms with Crippen molar-refractivity contribution in [2.45, 2.75) is 6.42 Å². The quantitative estimate of drug-likeness (QED) is 0.406. The molecule has 0 fully saturated rings. The van der Waals surface area contributed by atoms with E-state index in [-0.39, 0.29) is 0 Å². The maximum atomic E-state index is 4.57. The van der Waals surface area contributed by atoms with Crippen molar-refractivity contribution in [3.63, 3.8) is 0 Å². The van der Waals surface area contributed by atoms with Crippen LogP contribution in [0.5, 0.6) is 0 Å². The molecule has 0 spiro atoms. The van der Waals surface area contributed by atoms with Crippen LogP contribution in [0.1, 0.15) is 5.69 Å². The van der Waals surface area contributed by atoms with Gasteiger partial charge in [0.05, 0.1) is 16.5 Å². The van der Waals surface area contributed by atoms with E-state index in [2.05, 4.69) is 51.6 Å². The van der Waals surface area contributed by atoms with E-state index in [1.54, 1.807) is 17.2 Å². The molecule has 9 heteroatoms. The van der Waals surface area contributed by atoms with E-state index in [0.717, 1.165) is 45.9 Å². The largest absolute Gasteiger partial charge is 0.369 e. The van der Waals surface area contributed by atoms with Crippen molar-refractivity contribution in [2.24, 2.45) is 7.05 Å². The standard InChI is InChI=1S/C19H19BrN8/c1-28-8-6-17(27-28)13-3-2-4-14(9-13)25-19-23-11-16(20)18(26-19)22-7-5-15-10-21-12-24-15/h2-4,6,8-12H,5,7H2,1H3,(H,21,24)(H2,22,23,25,26). The van der Waals surface area contributed by atoms with Crippen molar-refractivity contribution in [2.75, 3.05) is 17.2 Å². The number of hydrogen-bond donors (Lipinski definition) is 3. The van der Waals surface area contributed by atoms with Crippen LogP contribution >= 0.6 is 15.9 Å². The van der Waals surface area contributed by atoms with E-state index in [0.29, 0.717) is 5.95 Å². The number of halogens is 1. The third-order valence-electron chi connectivity index (χ3n) is 4.11. The number of rotatable bonds is 7. The number of H-pyrrole nitrogens is 1. The molecular formula is C19H19BrN8. The van der Waals surface area contributed by atoms with Gasteiger partial charge in [0.2, 0.25) is 5.95 Å². The highest BCUT2D eigenvalue weighted by Crippen LogP contribution is 2.24. The van der Waals surface area contributed by atoms with Crippen LogP contribution in [-0.4, -0.2) is 36.3 Å². The lowest BCUT2D eigenvalue weighted by molar-refractivity contribution is 0.771. The molecule has 8 nitrogen and oxygen atoms in total. The lowest BCUT2D eigenvalue weighted by Gasteiger charge is -2.10. The Morgan fingerprint density at radius 3 is 2.93 bits per heavy atom. The van der Waals surface area contributed by atoms with E-state index < -0.39 is 0 Å². The minimum Gasteiger partial charge on any atom is -0.369 e. The zero-order chi connectivity index (χ0) is 19.3. The number of anilines is 3. The first-order valence-corrected chi connectivity index (χ1v) is 9.57. The van der Waals surface area contributed by atoms with Crippen molar-refractivity contribution >= 4 is 33.4 Å². The van der Waals surface area contributed by atoms with E-state index in [1.807, 2.05) is 49.8 Å². The summed E-state index contributed by atoms with van der Waals surface area (Å²) in [6.45, 7) is 0.729. The first kappa shape index (κ1) is 18.2. The van der Waals surface area contributed by atoms with Crippen LogP contribution in [0.2, 0.25) is 0 Å². The summed E-state index contributed by atoms with van der Waals surface area (Å²) in [4.78, 5) is 16.0. The molecule has 0 amide bonds. The molecule has 4 rings (SSSR count). The summed E-state index contributed by atoms with van der Waals surface area (Å²) in [5.74, 6) is 1.25. The predicted octanol–water partition coefficient (Wildman–Crippen LogP) is 3.76. The molecule has 142 valence electrons. The van der Waals surface area contributed by atoms with Crippen molar-refractivity contribution < 1.29 is 0 Å². The second kappa shape index (κ2) is 8.22. The number of benzene rings is 1. The Morgan fingerprint density at radius 1 is 1.21 bits per heavy atom. The summed E-state index contributed by atoms with van der Waals surface area (Å²) in [6.07, 6.45) is 7.98. The third-order valence-corrected chi connectivity index (χ3v) is 4.69. The number of imidazole rings is 1. The summed E-state index contributed by atoms with van der Waals surface area (Å²) in [6, 6.07) is 9.99. The van der Waals surface area contributed by atoms with E-state index in [1.165, 1.54) is 0 Å². The maximum absolute atomic E-state index is 4.57. The smallest absolute Gasteiger partial charge is 0.229 e. The molecule has 0 aliphatic carbocycles. The Hall–Kier alpha value is -3.20. The second-order valence-corrected chi connectivity index (χ2v) is 7.08. The molecule has 4 aromatic rings.